The summed E-state index contributed by atoms with van der Waals surface area (Å²) in [5.41, 5.74) is 10.5. The third-order valence-corrected chi connectivity index (χ3v) is 1.76. The van der Waals surface area contributed by atoms with E-state index in [4.69, 9.17) is 11.5 Å². The maximum atomic E-state index is 5.23. The van der Waals surface area contributed by atoms with Crippen molar-refractivity contribution in [1.82, 2.24) is 5.32 Å². The molecule has 14 heavy (non-hydrogen) atoms. The lowest BCUT2D eigenvalue weighted by atomic mass is 10.2. The molecule has 0 atom stereocenters. The van der Waals surface area contributed by atoms with E-state index in [1.54, 1.807) is 7.05 Å². The van der Waals surface area contributed by atoms with Crippen LogP contribution in [0.2, 0.25) is 0 Å². The number of guanidine groups is 2. The third-order valence-electron chi connectivity index (χ3n) is 1.76. The lowest BCUT2D eigenvalue weighted by Crippen LogP contribution is -2.30. The number of nitrogens with zero attached hydrogens (tertiary/aromatic N) is 2. The Morgan fingerprint density at radius 2 is 1.93 bits per heavy atom. The molecule has 5 nitrogen and oxygen atoms in total. The van der Waals surface area contributed by atoms with Crippen LogP contribution in [0.3, 0.4) is 0 Å². The Morgan fingerprint density at radius 1 is 1.21 bits per heavy atom. The van der Waals surface area contributed by atoms with Crippen LogP contribution >= 0.6 is 0 Å². The van der Waals surface area contributed by atoms with Crippen molar-refractivity contribution in [2.75, 3.05) is 13.6 Å². The first-order chi connectivity index (χ1) is 6.70. The molecule has 0 aliphatic carbocycles. The lowest BCUT2D eigenvalue weighted by Gasteiger charge is -2.04. The van der Waals surface area contributed by atoms with Crippen molar-refractivity contribution in [1.29, 1.82) is 0 Å². The highest BCUT2D eigenvalue weighted by Gasteiger charge is 1.94. The minimum atomic E-state index is 0.0339. The number of hydrogen-bond donors (Lipinski definition) is 3. The topological polar surface area (TPSA) is 88.8 Å². The van der Waals surface area contributed by atoms with Gasteiger partial charge in [-0.2, -0.15) is 4.99 Å². The van der Waals surface area contributed by atoms with E-state index >= 15 is 0 Å². The minimum absolute atomic E-state index is 0.0339. The molecule has 0 saturated heterocycles. The van der Waals surface area contributed by atoms with Crippen molar-refractivity contribution in [3.8, 4) is 0 Å². The maximum Gasteiger partial charge on any atom is 0.220 e. The Kier molecular flexibility index (Phi) is 7.59. The van der Waals surface area contributed by atoms with E-state index in [1.807, 2.05) is 0 Å². The van der Waals surface area contributed by atoms with Crippen LogP contribution in [0.1, 0.15) is 32.6 Å². The highest BCUT2D eigenvalue weighted by Crippen LogP contribution is 1.96. The van der Waals surface area contributed by atoms with Crippen molar-refractivity contribution in [2.45, 2.75) is 32.6 Å². The molecule has 0 spiro atoms. The minimum Gasteiger partial charge on any atom is -0.370 e. The number of nitrogens with one attached hydrogen (secondary N) is 1. The van der Waals surface area contributed by atoms with Crippen molar-refractivity contribution in [2.24, 2.45) is 21.5 Å². The van der Waals surface area contributed by atoms with E-state index in [0.29, 0.717) is 5.96 Å². The normalized spacial score (nSPS) is 11.1. The fourth-order valence-corrected chi connectivity index (χ4v) is 1.04. The second-order valence-corrected chi connectivity index (χ2v) is 3.07. The first kappa shape index (κ1) is 12.7. The van der Waals surface area contributed by atoms with Crippen LogP contribution < -0.4 is 16.8 Å². The summed E-state index contributed by atoms with van der Waals surface area (Å²) in [5.74, 6) is 0.535. The number of unbranched alkanes of at least 4 members (excludes halogenated alkanes) is 3. The van der Waals surface area contributed by atoms with Crippen LogP contribution in [0.5, 0.6) is 0 Å². The van der Waals surface area contributed by atoms with Crippen LogP contribution in [-0.4, -0.2) is 25.5 Å². The molecule has 0 radical (unpaired) electrons. The summed E-state index contributed by atoms with van der Waals surface area (Å²) in [4.78, 5) is 7.73. The molecule has 0 aromatic rings. The van der Waals surface area contributed by atoms with Gasteiger partial charge in [-0.25, -0.2) is 0 Å². The van der Waals surface area contributed by atoms with E-state index < -0.39 is 0 Å². The average molecular weight is 199 g/mol. The first-order valence-corrected chi connectivity index (χ1v) is 5.01. The predicted octanol–water partition coefficient (Wildman–Crippen LogP) is 0.416. The van der Waals surface area contributed by atoms with Gasteiger partial charge in [0, 0.05) is 13.6 Å². The number of nitrogens with two attached hydrogens (primary N) is 2. The highest BCUT2D eigenvalue weighted by atomic mass is 15.2. The van der Waals surface area contributed by atoms with Crippen molar-refractivity contribution < 1.29 is 0 Å². The Bertz CT molecular complexity index is 193. The van der Waals surface area contributed by atoms with Crippen LogP contribution in [0.25, 0.3) is 0 Å². The van der Waals surface area contributed by atoms with Gasteiger partial charge in [-0.1, -0.05) is 26.2 Å². The molecule has 0 unspecified atom stereocenters. The van der Waals surface area contributed by atoms with E-state index in [2.05, 4.69) is 22.2 Å². The third kappa shape index (κ3) is 7.39. The second kappa shape index (κ2) is 8.34. The van der Waals surface area contributed by atoms with Gasteiger partial charge in [0.25, 0.3) is 0 Å². The fraction of sp³-hybridized carbons (Fsp3) is 0.778. The zero-order valence-corrected chi connectivity index (χ0v) is 9.08. The van der Waals surface area contributed by atoms with Gasteiger partial charge in [0.15, 0.2) is 5.96 Å². The van der Waals surface area contributed by atoms with Crippen LogP contribution in [0.4, 0.5) is 0 Å². The van der Waals surface area contributed by atoms with Crippen LogP contribution in [0, 0.1) is 0 Å². The van der Waals surface area contributed by atoms with E-state index in [-0.39, 0.29) is 5.96 Å². The Hall–Kier alpha value is -1.26. The molecule has 0 bridgehead atoms. The summed E-state index contributed by atoms with van der Waals surface area (Å²) in [6, 6.07) is 0. The first-order valence-electron chi connectivity index (χ1n) is 5.01. The van der Waals surface area contributed by atoms with Gasteiger partial charge in [0.2, 0.25) is 5.96 Å². The molecular formula is C9H21N5. The van der Waals surface area contributed by atoms with Crippen molar-refractivity contribution in [3.05, 3.63) is 0 Å². The summed E-state index contributed by atoms with van der Waals surface area (Å²) < 4.78 is 0. The van der Waals surface area contributed by atoms with Gasteiger partial charge >= 0.3 is 0 Å². The zero-order chi connectivity index (χ0) is 10.8. The summed E-state index contributed by atoms with van der Waals surface area (Å²) in [5, 5.41) is 3.06. The van der Waals surface area contributed by atoms with Gasteiger partial charge in [-0.15, -0.1) is 0 Å². The van der Waals surface area contributed by atoms with Gasteiger partial charge in [0.1, 0.15) is 0 Å². The van der Waals surface area contributed by atoms with Crippen LogP contribution in [-0.2, 0) is 0 Å². The van der Waals surface area contributed by atoms with Crippen molar-refractivity contribution >= 4 is 11.9 Å². The molecule has 0 aromatic heterocycles. The molecule has 0 aromatic carbocycles. The Balaban J connectivity index is 3.60. The summed E-state index contributed by atoms with van der Waals surface area (Å²) in [6.07, 6.45) is 4.85. The summed E-state index contributed by atoms with van der Waals surface area (Å²) >= 11 is 0. The second-order valence-electron chi connectivity index (χ2n) is 3.07. The highest BCUT2D eigenvalue weighted by molar-refractivity contribution is 5.93. The predicted molar refractivity (Wildman–Crippen MR) is 61.3 cm³/mol. The molecule has 0 aliphatic rings. The van der Waals surface area contributed by atoms with Gasteiger partial charge in [0.05, 0.1) is 0 Å². The monoisotopic (exact) mass is 199 g/mol. The zero-order valence-electron chi connectivity index (χ0n) is 9.08. The summed E-state index contributed by atoms with van der Waals surface area (Å²) in [6.45, 7) is 3.05. The molecule has 0 aliphatic heterocycles. The smallest absolute Gasteiger partial charge is 0.220 e. The maximum absolute atomic E-state index is 5.23. The molecule has 0 heterocycles. The van der Waals surface area contributed by atoms with E-state index in [0.717, 1.165) is 13.0 Å². The molecule has 0 fully saturated rings. The molecule has 0 rings (SSSR count). The quantitative estimate of drug-likeness (QED) is 0.340. The molecule has 0 amide bonds. The number of hydrogen-bond acceptors (Lipinski definition) is 1. The molecule has 5 N–H and O–H groups in total. The number of aliphatic imine (C=N–C) groups is 2. The van der Waals surface area contributed by atoms with Crippen LogP contribution in [0.15, 0.2) is 9.98 Å². The average Bonchev–Trinajstić information content (AvgIpc) is 2.15. The van der Waals surface area contributed by atoms with Crippen molar-refractivity contribution in [3.63, 3.8) is 0 Å². The van der Waals surface area contributed by atoms with E-state index in [1.165, 1.54) is 19.3 Å². The summed E-state index contributed by atoms with van der Waals surface area (Å²) in [7, 11) is 1.65. The molecule has 5 heteroatoms. The largest absolute Gasteiger partial charge is 0.370 e. The SMILES string of the molecule is CCCCCCNC(N=C(N)N)=NC. The lowest BCUT2D eigenvalue weighted by molar-refractivity contribution is 0.653. The Morgan fingerprint density at radius 3 is 2.43 bits per heavy atom. The molecule has 0 saturated carbocycles. The van der Waals surface area contributed by atoms with E-state index in [9.17, 15) is 0 Å². The molecule has 82 valence electrons. The van der Waals surface area contributed by atoms with Gasteiger partial charge < -0.3 is 16.8 Å². The standard InChI is InChI=1S/C9H21N5/c1-3-4-5-6-7-13-9(12-2)14-8(10)11/h3-7H2,1-2H3,(H5,10,11,12,13,14). The molecular weight excluding hydrogens is 178 g/mol. The fourth-order valence-electron chi connectivity index (χ4n) is 1.04. The van der Waals surface area contributed by atoms with Gasteiger partial charge in [-0.05, 0) is 6.42 Å². The number of rotatable bonds is 5. The van der Waals surface area contributed by atoms with Gasteiger partial charge in [-0.3, -0.25) is 4.99 Å². The Labute approximate surface area is 85.7 Å².